The minimum Gasteiger partial charge on any atom is -0.382 e. The molecule has 2 aromatic heterocycles. The Kier molecular flexibility index (Phi) is 10.3. The molecule has 5 rings (SSSR count). The van der Waals surface area contributed by atoms with Gasteiger partial charge in [-0.15, -0.1) is 0 Å². The van der Waals surface area contributed by atoms with Gasteiger partial charge in [-0.05, 0) is 56.1 Å². The van der Waals surface area contributed by atoms with Crippen LogP contribution in [0, 0.1) is 0 Å². The van der Waals surface area contributed by atoms with E-state index in [-0.39, 0.29) is 16.7 Å². The largest absolute Gasteiger partial charge is 0.382 e. The summed E-state index contributed by atoms with van der Waals surface area (Å²) in [7, 11) is 0. The van der Waals surface area contributed by atoms with Gasteiger partial charge in [-0.3, -0.25) is 14.6 Å². The Bertz CT molecular complexity index is 1320. The van der Waals surface area contributed by atoms with Crippen LogP contribution in [0.15, 0.2) is 42.7 Å². The predicted molar refractivity (Wildman–Crippen MR) is 167 cm³/mol. The Hall–Kier alpha value is -3.25. The molecular weight excluding hydrogens is 575 g/mol. The number of carbonyl (C=O) groups is 1. The summed E-state index contributed by atoms with van der Waals surface area (Å²) >= 11 is 12.6. The van der Waals surface area contributed by atoms with E-state index in [1.54, 1.807) is 18.5 Å². The molecule has 1 atom stereocenters. The maximum absolute atomic E-state index is 12.7. The number of anilines is 3. The summed E-state index contributed by atoms with van der Waals surface area (Å²) in [6, 6.07) is 10.8. The number of rotatable bonds is 10. The number of nitrogens with one attached hydrogen (secondary N) is 2. The van der Waals surface area contributed by atoms with Crippen LogP contribution in [0.5, 0.6) is 0 Å². The summed E-state index contributed by atoms with van der Waals surface area (Å²) < 4.78 is 0. The second-order valence-corrected chi connectivity index (χ2v) is 11.5. The lowest BCUT2D eigenvalue weighted by Crippen LogP contribution is -2.58. The number of hydrogen-bond acceptors (Lipinski definition) is 10. The smallest absolute Gasteiger partial charge is 0.273 e. The first-order valence-electron chi connectivity index (χ1n) is 14.5. The number of hydrogen-bond donors (Lipinski definition) is 3. The van der Waals surface area contributed by atoms with Crippen molar-refractivity contribution in [1.29, 1.82) is 0 Å². The maximum atomic E-state index is 12.7. The van der Waals surface area contributed by atoms with Gasteiger partial charge in [-0.25, -0.2) is 19.9 Å². The number of piperidine rings is 1. The molecule has 3 aromatic rings. The number of carbonyl (C=O) groups excluding carboxylic acids is 1. The fourth-order valence-electron chi connectivity index (χ4n) is 5.77. The van der Waals surface area contributed by atoms with Crippen LogP contribution >= 0.6 is 23.2 Å². The normalized spacial score (nSPS) is 18.6. The maximum Gasteiger partial charge on any atom is 0.273 e. The quantitative estimate of drug-likeness (QED) is 0.292. The van der Waals surface area contributed by atoms with Crippen molar-refractivity contribution in [2.24, 2.45) is 0 Å². The zero-order valence-electron chi connectivity index (χ0n) is 23.8. The molecule has 0 bridgehead atoms. The number of likely N-dealkylation sites (tertiary alicyclic amines) is 1. The highest BCUT2D eigenvalue weighted by Gasteiger charge is 2.34. The first kappa shape index (κ1) is 30.2. The van der Waals surface area contributed by atoms with Crippen LogP contribution in [-0.2, 0) is 6.54 Å². The fourth-order valence-corrected chi connectivity index (χ4v) is 6.15. The van der Waals surface area contributed by atoms with Gasteiger partial charge in [0.2, 0.25) is 5.95 Å². The number of benzene rings is 1. The van der Waals surface area contributed by atoms with Crippen molar-refractivity contribution in [3.8, 4) is 0 Å². The number of nitrogens with zero attached hydrogens (tertiary/aromatic N) is 7. The third-order valence-electron chi connectivity index (χ3n) is 7.98. The fraction of sp³-hybridized carbons (Fsp3) is 0.483. The molecule has 11 nitrogen and oxygen atoms in total. The highest BCUT2D eigenvalue weighted by atomic mass is 35.5. The third-order valence-corrected chi connectivity index (χ3v) is 8.49. The monoisotopic (exact) mass is 612 g/mol. The van der Waals surface area contributed by atoms with Gasteiger partial charge < -0.3 is 21.3 Å². The van der Waals surface area contributed by atoms with Crippen molar-refractivity contribution < 1.29 is 4.79 Å². The van der Waals surface area contributed by atoms with E-state index in [1.807, 2.05) is 12.1 Å². The number of aromatic nitrogens is 4. The summed E-state index contributed by atoms with van der Waals surface area (Å²) in [6.07, 6.45) is 6.60. The van der Waals surface area contributed by atoms with E-state index < -0.39 is 5.91 Å². The predicted octanol–water partition coefficient (Wildman–Crippen LogP) is 3.56. The molecule has 2 saturated heterocycles. The molecular formula is C29H38Cl2N10O. The summed E-state index contributed by atoms with van der Waals surface area (Å²) in [6.45, 7) is 8.60. The van der Waals surface area contributed by atoms with Crippen LogP contribution < -0.4 is 21.3 Å². The van der Waals surface area contributed by atoms with Crippen LogP contribution in [0.2, 0.25) is 10.2 Å². The molecule has 0 radical (unpaired) electrons. The molecule has 224 valence electrons. The number of halogens is 2. The van der Waals surface area contributed by atoms with Crippen LogP contribution in [0.4, 0.5) is 17.6 Å². The van der Waals surface area contributed by atoms with Gasteiger partial charge in [0.1, 0.15) is 0 Å². The second-order valence-electron chi connectivity index (χ2n) is 10.7. The molecule has 0 aliphatic carbocycles. The first-order valence-corrected chi connectivity index (χ1v) is 15.3. The molecule has 2 aliphatic rings. The van der Waals surface area contributed by atoms with Crippen molar-refractivity contribution in [2.75, 3.05) is 61.8 Å². The number of amides is 1. The molecule has 1 aromatic carbocycles. The summed E-state index contributed by atoms with van der Waals surface area (Å²) in [5, 5.41) is 6.78. The van der Waals surface area contributed by atoms with E-state index in [2.05, 4.69) is 64.3 Å². The standard InChI is InChI=1S/C29H38Cl2N10O/c1-2-22-19-40(16-17-41(22)23-8-14-39(15-9-23)18-20-4-6-21(30)7-5-20)27-25(31)37-24(26(32)38-27)28(42)33-12-13-36-29-34-10-3-11-35-29/h3-7,10-11,22-23H,2,8-9,12-19H2,1H3,(H2,32,38)(H,33,42)(H,34,35,36)/t22-/m0/s1. The lowest BCUT2D eigenvalue weighted by molar-refractivity contribution is 0.0610. The van der Waals surface area contributed by atoms with Gasteiger partial charge in [0.05, 0.1) is 0 Å². The zero-order chi connectivity index (χ0) is 29.5. The van der Waals surface area contributed by atoms with E-state index >= 15 is 0 Å². The molecule has 0 saturated carbocycles. The number of nitrogens with two attached hydrogens (primary N) is 1. The van der Waals surface area contributed by atoms with E-state index in [9.17, 15) is 4.79 Å². The lowest BCUT2D eigenvalue weighted by Gasteiger charge is -2.47. The first-order chi connectivity index (χ1) is 20.4. The van der Waals surface area contributed by atoms with Gasteiger partial charge >= 0.3 is 0 Å². The van der Waals surface area contributed by atoms with Crippen molar-refractivity contribution in [3.05, 3.63) is 64.2 Å². The van der Waals surface area contributed by atoms with Crippen molar-refractivity contribution in [2.45, 2.75) is 44.8 Å². The molecule has 0 spiro atoms. The van der Waals surface area contributed by atoms with Crippen molar-refractivity contribution in [3.63, 3.8) is 0 Å². The van der Waals surface area contributed by atoms with Gasteiger partial charge in [-0.2, -0.15) is 0 Å². The molecule has 4 heterocycles. The van der Waals surface area contributed by atoms with Crippen LogP contribution in [0.1, 0.15) is 42.2 Å². The third kappa shape index (κ3) is 7.57. The molecule has 13 heteroatoms. The van der Waals surface area contributed by atoms with E-state index in [4.69, 9.17) is 28.9 Å². The minimum absolute atomic E-state index is 0.0238. The zero-order valence-corrected chi connectivity index (χ0v) is 25.4. The average Bonchev–Trinajstić information content (AvgIpc) is 3.02. The van der Waals surface area contributed by atoms with E-state index in [0.717, 1.165) is 63.6 Å². The van der Waals surface area contributed by atoms with Crippen LogP contribution in [0.25, 0.3) is 0 Å². The summed E-state index contributed by atoms with van der Waals surface area (Å²) in [5.74, 6) is 0.658. The highest BCUT2D eigenvalue weighted by molar-refractivity contribution is 6.32. The number of piperazine rings is 1. The molecule has 2 fully saturated rings. The lowest BCUT2D eigenvalue weighted by atomic mass is 9.98. The number of nitrogen functional groups attached to an aromatic ring is 1. The van der Waals surface area contributed by atoms with Gasteiger partial charge in [0.15, 0.2) is 22.5 Å². The average molecular weight is 614 g/mol. The molecule has 1 amide bonds. The highest BCUT2D eigenvalue weighted by Crippen LogP contribution is 2.30. The van der Waals surface area contributed by atoms with Crippen molar-refractivity contribution in [1.82, 2.24) is 35.1 Å². The van der Waals surface area contributed by atoms with Crippen LogP contribution in [-0.4, -0.2) is 93.5 Å². The van der Waals surface area contributed by atoms with Crippen molar-refractivity contribution >= 4 is 46.7 Å². The molecule has 2 aliphatic heterocycles. The summed E-state index contributed by atoms with van der Waals surface area (Å²) in [5.41, 5.74) is 7.53. The Morgan fingerprint density at radius 1 is 1.02 bits per heavy atom. The molecule has 0 unspecified atom stereocenters. The minimum atomic E-state index is -0.428. The van der Waals surface area contributed by atoms with Crippen LogP contribution in [0.3, 0.4) is 0 Å². The molecule has 4 N–H and O–H groups in total. The van der Waals surface area contributed by atoms with Gasteiger partial charge in [0.25, 0.3) is 5.91 Å². The Balaban J connectivity index is 1.13. The summed E-state index contributed by atoms with van der Waals surface area (Å²) in [4.78, 5) is 37.1. The second kappa shape index (κ2) is 14.3. The Morgan fingerprint density at radius 2 is 1.76 bits per heavy atom. The molecule has 42 heavy (non-hydrogen) atoms. The van der Waals surface area contributed by atoms with Gasteiger partial charge in [0, 0.05) is 68.8 Å². The SMILES string of the molecule is CC[C@H]1CN(c2nc(N)c(C(=O)NCCNc3ncccn3)nc2Cl)CCN1C1CCN(Cc2ccc(Cl)cc2)CC1. The Labute approximate surface area is 256 Å². The topological polar surface area (TPSA) is 128 Å². The Morgan fingerprint density at radius 3 is 2.48 bits per heavy atom. The van der Waals surface area contributed by atoms with Gasteiger partial charge in [-0.1, -0.05) is 42.3 Å². The van der Waals surface area contributed by atoms with E-state index in [1.165, 1.54) is 5.56 Å². The van der Waals surface area contributed by atoms with E-state index in [0.29, 0.717) is 36.9 Å².